The minimum Gasteiger partial charge on any atom is -0.300 e. The van der Waals surface area contributed by atoms with Gasteiger partial charge in [0.15, 0.2) is 0 Å². The van der Waals surface area contributed by atoms with Gasteiger partial charge in [-0.1, -0.05) is 18.2 Å². The molecule has 0 N–H and O–H groups in total. The molecule has 0 saturated carbocycles. The quantitative estimate of drug-likeness (QED) is 0.834. The fourth-order valence-electron chi connectivity index (χ4n) is 2.59. The van der Waals surface area contributed by atoms with Crippen molar-refractivity contribution in [3.63, 3.8) is 0 Å². The van der Waals surface area contributed by atoms with Crippen molar-refractivity contribution in [1.29, 1.82) is 5.26 Å². The molecule has 0 bridgehead atoms. The Bertz CT molecular complexity index is 447. The van der Waals surface area contributed by atoms with Crippen LogP contribution in [0.4, 0.5) is 4.39 Å². The molecule has 4 heteroatoms. The normalized spacial score (nSPS) is 19.0. The van der Waals surface area contributed by atoms with Crippen LogP contribution >= 0.6 is 0 Å². The molecule has 102 valence electrons. The van der Waals surface area contributed by atoms with Crippen molar-refractivity contribution >= 4 is 0 Å². The SMILES string of the molecule is C[C@@H](c1ccccc1F)N1CCN(CCC#N)CC1. The fourth-order valence-corrected chi connectivity index (χ4v) is 2.59. The van der Waals surface area contributed by atoms with Crippen molar-refractivity contribution in [1.82, 2.24) is 9.80 Å². The molecule has 1 aliphatic heterocycles. The Morgan fingerprint density at radius 2 is 1.95 bits per heavy atom. The monoisotopic (exact) mass is 261 g/mol. The number of rotatable bonds is 4. The highest BCUT2D eigenvalue weighted by Gasteiger charge is 2.23. The van der Waals surface area contributed by atoms with Crippen molar-refractivity contribution in [3.8, 4) is 6.07 Å². The van der Waals surface area contributed by atoms with Crippen LogP contribution in [0.5, 0.6) is 0 Å². The number of piperazine rings is 1. The Kier molecular flexibility index (Phi) is 4.89. The van der Waals surface area contributed by atoms with Gasteiger partial charge >= 0.3 is 0 Å². The van der Waals surface area contributed by atoms with Crippen molar-refractivity contribution in [2.75, 3.05) is 32.7 Å². The largest absolute Gasteiger partial charge is 0.300 e. The van der Waals surface area contributed by atoms with E-state index in [9.17, 15) is 4.39 Å². The van der Waals surface area contributed by atoms with E-state index in [1.807, 2.05) is 12.1 Å². The summed E-state index contributed by atoms with van der Waals surface area (Å²) >= 11 is 0. The zero-order valence-electron chi connectivity index (χ0n) is 11.3. The minimum absolute atomic E-state index is 0.110. The van der Waals surface area contributed by atoms with Crippen LogP contribution in [0, 0.1) is 17.1 Å². The molecule has 0 aliphatic carbocycles. The van der Waals surface area contributed by atoms with E-state index >= 15 is 0 Å². The number of hydrogen-bond acceptors (Lipinski definition) is 3. The van der Waals surface area contributed by atoms with E-state index in [0.717, 1.165) is 38.3 Å². The summed E-state index contributed by atoms with van der Waals surface area (Å²) in [6.45, 7) is 6.69. The molecule has 0 radical (unpaired) electrons. The maximum Gasteiger partial charge on any atom is 0.127 e. The number of hydrogen-bond donors (Lipinski definition) is 0. The van der Waals surface area contributed by atoms with E-state index in [0.29, 0.717) is 6.42 Å². The molecular weight excluding hydrogens is 241 g/mol. The third-order valence-corrected chi connectivity index (χ3v) is 3.85. The Balaban J connectivity index is 1.91. The Morgan fingerprint density at radius 3 is 2.58 bits per heavy atom. The van der Waals surface area contributed by atoms with E-state index < -0.39 is 0 Å². The first-order chi connectivity index (χ1) is 9.22. The fraction of sp³-hybridized carbons (Fsp3) is 0.533. The van der Waals surface area contributed by atoms with Crippen LogP contribution < -0.4 is 0 Å². The van der Waals surface area contributed by atoms with Crippen LogP contribution in [0.15, 0.2) is 24.3 Å². The van der Waals surface area contributed by atoms with Gasteiger partial charge in [0.2, 0.25) is 0 Å². The average Bonchev–Trinajstić information content (AvgIpc) is 2.45. The van der Waals surface area contributed by atoms with Gasteiger partial charge in [0.1, 0.15) is 5.82 Å². The average molecular weight is 261 g/mol. The van der Waals surface area contributed by atoms with Gasteiger partial charge in [-0.3, -0.25) is 9.80 Å². The van der Waals surface area contributed by atoms with Gasteiger partial charge in [-0.25, -0.2) is 4.39 Å². The van der Waals surface area contributed by atoms with E-state index in [2.05, 4.69) is 22.8 Å². The molecule has 0 unspecified atom stereocenters. The molecular formula is C15H20FN3. The van der Waals surface area contributed by atoms with Gasteiger partial charge in [0, 0.05) is 50.7 Å². The molecule has 3 nitrogen and oxygen atoms in total. The zero-order chi connectivity index (χ0) is 13.7. The summed E-state index contributed by atoms with van der Waals surface area (Å²) in [5.41, 5.74) is 0.771. The van der Waals surface area contributed by atoms with E-state index in [1.54, 1.807) is 6.07 Å². The molecule has 1 aromatic carbocycles. The molecule has 0 amide bonds. The maximum absolute atomic E-state index is 13.8. The summed E-state index contributed by atoms with van der Waals surface area (Å²) in [6, 6.07) is 9.29. The summed E-state index contributed by atoms with van der Waals surface area (Å²) in [7, 11) is 0. The van der Waals surface area contributed by atoms with Crippen LogP contribution in [0.1, 0.15) is 24.9 Å². The molecule has 19 heavy (non-hydrogen) atoms. The first-order valence-corrected chi connectivity index (χ1v) is 6.80. The van der Waals surface area contributed by atoms with Gasteiger partial charge in [0.05, 0.1) is 6.07 Å². The second kappa shape index (κ2) is 6.65. The van der Waals surface area contributed by atoms with Gasteiger partial charge in [-0.15, -0.1) is 0 Å². The standard InChI is InChI=1S/C15H20FN3/c1-13(14-5-2-3-6-15(14)16)19-11-9-18(10-12-19)8-4-7-17/h2-3,5-6,13H,4,8-12H2,1H3/t13-/m0/s1. The molecule has 1 fully saturated rings. The number of nitriles is 1. The zero-order valence-corrected chi connectivity index (χ0v) is 11.3. The topological polar surface area (TPSA) is 30.3 Å². The minimum atomic E-state index is -0.123. The van der Waals surface area contributed by atoms with E-state index in [4.69, 9.17) is 5.26 Å². The molecule has 1 heterocycles. The summed E-state index contributed by atoms with van der Waals surface area (Å²) in [4.78, 5) is 4.61. The van der Waals surface area contributed by atoms with Crippen molar-refractivity contribution in [2.24, 2.45) is 0 Å². The van der Waals surface area contributed by atoms with Crippen LogP contribution in [-0.2, 0) is 0 Å². The third-order valence-electron chi connectivity index (χ3n) is 3.85. The predicted octanol–water partition coefficient (Wildman–Crippen LogP) is 2.42. The first-order valence-electron chi connectivity index (χ1n) is 6.80. The molecule has 1 atom stereocenters. The molecule has 0 spiro atoms. The Labute approximate surface area is 114 Å². The lowest BCUT2D eigenvalue weighted by atomic mass is 10.1. The molecule has 0 aromatic heterocycles. The van der Waals surface area contributed by atoms with Crippen LogP contribution in [-0.4, -0.2) is 42.5 Å². The third kappa shape index (κ3) is 3.52. The molecule has 1 aliphatic rings. The van der Waals surface area contributed by atoms with E-state index in [-0.39, 0.29) is 11.9 Å². The predicted molar refractivity (Wildman–Crippen MR) is 73.1 cm³/mol. The first kappa shape index (κ1) is 14.0. The van der Waals surface area contributed by atoms with E-state index in [1.165, 1.54) is 6.07 Å². The van der Waals surface area contributed by atoms with Crippen LogP contribution in [0.25, 0.3) is 0 Å². The Morgan fingerprint density at radius 1 is 1.26 bits per heavy atom. The van der Waals surface area contributed by atoms with Crippen LogP contribution in [0.3, 0.4) is 0 Å². The highest BCUT2D eigenvalue weighted by atomic mass is 19.1. The number of halogens is 1. The highest BCUT2D eigenvalue weighted by Crippen LogP contribution is 2.23. The van der Waals surface area contributed by atoms with Gasteiger partial charge in [-0.05, 0) is 13.0 Å². The molecule has 2 rings (SSSR count). The second-order valence-corrected chi connectivity index (χ2v) is 4.98. The summed E-state index contributed by atoms with van der Waals surface area (Å²) < 4.78 is 13.8. The molecule has 1 saturated heterocycles. The van der Waals surface area contributed by atoms with Gasteiger partial charge in [0.25, 0.3) is 0 Å². The lowest BCUT2D eigenvalue weighted by Gasteiger charge is -2.38. The lowest BCUT2D eigenvalue weighted by molar-refractivity contribution is 0.102. The Hall–Kier alpha value is -1.44. The van der Waals surface area contributed by atoms with Crippen molar-refractivity contribution in [2.45, 2.75) is 19.4 Å². The van der Waals surface area contributed by atoms with Gasteiger partial charge < -0.3 is 0 Å². The summed E-state index contributed by atoms with van der Waals surface area (Å²) in [5.74, 6) is -0.123. The second-order valence-electron chi connectivity index (χ2n) is 4.98. The van der Waals surface area contributed by atoms with Crippen molar-refractivity contribution in [3.05, 3.63) is 35.6 Å². The summed E-state index contributed by atoms with van der Waals surface area (Å²) in [5, 5.41) is 8.59. The van der Waals surface area contributed by atoms with Crippen molar-refractivity contribution < 1.29 is 4.39 Å². The number of nitrogens with zero attached hydrogens (tertiary/aromatic N) is 3. The molecule has 1 aromatic rings. The van der Waals surface area contributed by atoms with Crippen LogP contribution in [0.2, 0.25) is 0 Å². The summed E-state index contributed by atoms with van der Waals surface area (Å²) in [6.07, 6.45) is 0.586. The number of benzene rings is 1. The highest BCUT2D eigenvalue weighted by molar-refractivity contribution is 5.20. The van der Waals surface area contributed by atoms with Gasteiger partial charge in [-0.2, -0.15) is 5.26 Å². The lowest BCUT2D eigenvalue weighted by Crippen LogP contribution is -2.47. The smallest absolute Gasteiger partial charge is 0.127 e. The maximum atomic E-state index is 13.8.